The van der Waals surface area contributed by atoms with Crippen LogP contribution in [-0.4, -0.2) is 21.9 Å². The van der Waals surface area contributed by atoms with Gasteiger partial charge in [-0.15, -0.1) is 0 Å². The summed E-state index contributed by atoms with van der Waals surface area (Å²) in [6.45, 7) is 8.45. The van der Waals surface area contributed by atoms with E-state index >= 15 is 0 Å². The summed E-state index contributed by atoms with van der Waals surface area (Å²) in [5.41, 5.74) is 2.44. The third-order valence-corrected chi connectivity index (χ3v) is 4.77. The number of ether oxygens (including phenoxy) is 1. The second-order valence-electron chi connectivity index (χ2n) is 5.72. The van der Waals surface area contributed by atoms with E-state index in [0.29, 0.717) is 28.4 Å². The minimum absolute atomic E-state index is 0.0704. The van der Waals surface area contributed by atoms with Crippen molar-refractivity contribution in [3.05, 3.63) is 71.0 Å². The van der Waals surface area contributed by atoms with Crippen LogP contribution in [-0.2, 0) is 0 Å². The smallest absolute Gasteiger partial charge is 0.266 e. The third kappa shape index (κ3) is 3.77. The van der Waals surface area contributed by atoms with E-state index in [9.17, 15) is 4.79 Å². The molecule has 128 valence electrons. The first-order chi connectivity index (χ1) is 12.1. The Bertz CT molecular complexity index is 962. The van der Waals surface area contributed by atoms with E-state index in [2.05, 4.69) is 6.58 Å². The first-order valence-electron chi connectivity index (χ1n) is 8.12. The van der Waals surface area contributed by atoms with Crippen molar-refractivity contribution >= 4 is 22.7 Å². The predicted octanol–water partition coefficient (Wildman–Crippen LogP) is 4.45. The Kier molecular flexibility index (Phi) is 5.24. The average Bonchev–Trinajstić information content (AvgIpc) is 2.61. The van der Waals surface area contributed by atoms with Crippen LogP contribution in [0.25, 0.3) is 16.6 Å². The van der Waals surface area contributed by atoms with Crippen LogP contribution in [0.3, 0.4) is 0 Å². The Morgan fingerprint density at radius 3 is 2.60 bits per heavy atom. The SMILES string of the molecule is C=C(C)CSc1nc2ccccc2c(=O)n1-c1ccc(OCC)cc1. The zero-order valence-electron chi connectivity index (χ0n) is 14.4. The van der Waals surface area contributed by atoms with E-state index < -0.39 is 0 Å². The van der Waals surface area contributed by atoms with Crippen LogP contribution in [0.1, 0.15) is 13.8 Å². The van der Waals surface area contributed by atoms with Crippen molar-refractivity contribution in [2.24, 2.45) is 0 Å². The summed E-state index contributed by atoms with van der Waals surface area (Å²) in [5.74, 6) is 1.49. The largest absolute Gasteiger partial charge is 0.494 e. The van der Waals surface area contributed by atoms with Gasteiger partial charge >= 0.3 is 0 Å². The highest BCUT2D eigenvalue weighted by Gasteiger charge is 2.13. The summed E-state index contributed by atoms with van der Waals surface area (Å²) in [5, 5.41) is 1.27. The van der Waals surface area contributed by atoms with Gasteiger partial charge in [0.15, 0.2) is 5.16 Å². The molecule has 0 aliphatic rings. The van der Waals surface area contributed by atoms with Gasteiger partial charge < -0.3 is 4.74 Å². The summed E-state index contributed by atoms with van der Waals surface area (Å²) in [7, 11) is 0. The lowest BCUT2D eigenvalue weighted by molar-refractivity contribution is 0.340. The maximum Gasteiger partial charge on any atom is 0.266 e. The lowest BCUT2D eigenvalue weighted by Crippen LogP contribution is -2.21. The molecule has 0 unspecified atom stereocenters. The number of nitrogens with zero attached hydrogens (tertiary/aromatic N) is 2. The number of para-hydroxylation sites is 1. The quantitative estimate of drug-likeness (QED) is 0.373. The summed E-state index contributed by atoms with van der Waals surface area (Å²) in [6.07, 6.45) is 0. The molecule has 0 bridgehead atoms. The van der Waals surface area contributed by atoms with Crippen molar-refractivity contribution in [1.29, 1.82) is 0 Å². The molecule has 3 aromatic rings. The number of hydrogen-bond acceptors (Lipinski definition) is 4. The van der Waals surface area contributed by atoms with Gasteiger partial charge in [0, 0.05) is 5.75 Å². The maximum atomic E-state index is 13.1. The fourth-order valence-corrected chi connectivity index (χ4v) is 3.34. The van der Waals surface area contributed by atoms with Gasteiger partial charge in [-0.2, -0.15) is 0 Å². The van der Waals surface area contributed by atoms with Gasteiger partial charge in [-0.3, -0.25) is 9.36 Å². The maximum absolute atomic E-state index is 13.1. The van der Waals surface area contributed by atoms with Crippen molar-refractivity contribution in [3.63, 3.8) is 0 Å². The highest BCUT2D eigenvalue weighted by Crippen LogP contribution is 2.23. The first-order valence-corrected chi connectivity index (χ1v) is 9.11. The average molecular weight is 352 g/mol. The molecule has 0 spiro atoms. The molecular formula is C20H20N2O2S. The van der Waals surface area contributed by atoms with E-state index in [0.717, 1.165) is 17.0 Å². The molecule has 5 heteroatoms. The van der Waals surface area contributed by atoms with Crippen LogP contribution in [0, 0.1) is 0 Å². The number of benzene rings is 2. The van der Waals surface area contributed by atoms with E-state index in [1.165, 1.54) is 11.8 Å². The molecule has 3 rings (SSSR count). The van der Waals surface area contributed by atoms with Gasteiger partial charge in [-0.25, -0.2) is 4.98 Å². The highest BCUT2D eigenvalue weighted by atomic mass is 32.2. The molecule has 0 N–H and O–H groups in total. The third-order valence-electron chi connectivity index (χ3n) is 3.60. The minimum atomic E-state index is -0.0704. The summed E-state index contributed by atoms with van der Waals surface area (Å²) < 4.78 is 7.14. The molecule has 4 nitrogen and oxygen atoms in total. The van der Waals surface area contributed by atoms with Crippen LogP contribution in [0.4, 0.5) is 0 Å². The van der Waals surface area contributed by atoms with Crippen molar-refractivity contribution in [2.75, 3.05) is 12.4 Å². The van der Waals surface area contributed by atoms with Crippen LogP contribution >= 0.6 is 11.8 Å². The number of fused-ring (bicyclic) bond motifs is 1. The normalized spacial score (nSPS) is 10.8. The van der Waals surface area contributed by atoms with Crippen LogP contribution in [0.2, 0.25) is 0 Å². The van der Waals surface area contributed by atoms with Gasteiger partial charge in [0.05, 0.1) is 23.2 Å². The number of hydrogen-bond donors (Lipinski definition) is 0. The van der Waals surface area contributed by atoms with Crippen molar-refractivity contribution in [2.45, 2.75) is 19.0 Å². The first kappa shape index (κ1) is 17.3. The zero-order valence-corrected chi connectivity index (χ0v) is 15.2. The molecule has 0 fully saturated rings. The van der Waals surface area contributed by atoms with Gasteiger partial charge in [0.25, 0.3) is 5.56 Å². The molecule has 0 radical (unpaired) electrons. The molecule has 1 heterocycles. The van der Waals surface area contributed by atoms with Gasteiger partial charge in [-0.05, 0) is 50.2 Å². The summed E-state index contributed by atoms with van der Waals surface area (Å²) in [4.78, 5) is 17.8. The van der Waals surface area contributed by atoms with E-state index in [1.807, 2.05) is 62.4 Å². The number of rotatable bonds is 6. The molecule has 0 amide bonds. The molecule has 2 aromatic carbocycles. The molecule has 0 aliphatic carbocycles. The standard InChI is InChI=1S/C20H20N2O2S/c1-4-24-16-11-9-15(10-12-16)22-19(23)17-7-5-6-8-18(17)21-20(22)25-13-14(2)3/h5-12H,2,4,13H2,1,3H3. The Labute approximate surface area is 151 Å². The lowest BCUT2D eigenvalue weighted by Gasteiger charge is -2.14. The molecule has 25 heavy (non-hydrogen) atoms. The number of thioether (sulfide) groups is 1. The van der Waals surface area contributed by atoms with Gasteiger partial charge in [0.2, 0.25) is 0 Å². The fourth-order valence-electron chi connectivity index (χ4n) is 2.48. The van der Waals surface area contributed by atoms with Crippen molar-refractivity contribution in [3.8, 4) is 11.4 Å². The van der Waals surface area contributed by atoms with Crippen LogP contribution in [0.15, 0.2) is 70.6 Å². The lowest BCUT2D eigenvalue weighted by atomic mass is 10.2. The number of aromatic nitrogens is 2. The predicted molar refractivity (Wildman–Crippen MR) is 104 cm³/mol. The second-order valence-corrected chi connectivity index (χ2v) is 6.67. The van der Waals surface area contributed by atoms with Crippen LogP contribution in [0.5, 0.6) is 5.75 Å². The highest BCUT2D eigenvalue weighted by molar-refractivity contribution is 7.99. The monoisotopic (exact) mass is 352 g/mol. The summed E-state index contributed by atoms with van der Waals surface area (Å²) >= 11 is 1.51. The molecule has 0 saturated heterocycles. The van der Waals surface area contributed by atoms with Crippen LogP contribution < -0.4 is 10.3 Å². The summed E-state index contributed by atoms with van der Waals surface area (Å²) in [6, 6.07) is 14.9. The molecule has 0 atom stereocenters. The Balaban J connectivity index is 2.16. The second kappa shape index (κ2) is 7.57. The zero-order chi connectivity index (χ0) is 17.8. The van der Waals surface area contributed by atoms with E-state index in [-0.39, 0.29) is 5.56 Å². The van der Waals surface area contributed by atoms with E-state index in [1.54, 1.807) is 4.57 Å². The van der Waals surface area contributed by atoms with Crippen molar-refractivity contribution in [1.82, 2.24) is 9.55 Å². The van der Waals surface area contributed by atoms with E-state index in [4.69, 9.17) is 9.72 Å². The van der Waals surface area contributed by atoms with Crippen molar-refractivity contribution < 1.29 is 4.74 Å². The fraction of sp³-hybridized carbons (Fsp3) is 0.200. The molecule has 1 aromatic heterocycles. The van der Waals surface area contributed by atoms with Gasteiger partial charge in [-0.1, -0.05) is 36.0 Å². The Hall–Kier alpha value is -2.53. The topological polar surface area (TPSA) is 44.1 Å². The molecular weight excluding hydrogens is 332 g/mol. The minimum Gasteiger partial charge on any atom is -0.494 e. The molecule has 0 aliphatic heterocycles. The Morgan fingerprint density at radius 1 is 1.20 bits per heavy atom. The molecule has 0 saturated carbocycles. The Morgan fingerprint density at radius 2 is 1.92 bits per heavy atom. The van der Waals surface area contributed by atoms with Gasteiger partial charge in [0.1, 0.15) is 5.75 Å².